The van der Waals surface area contributed by atoms with E-state index in [-0.39, 0.29) is 5.78 Å². The van der Waals surface area contributed by atoms with Gasteiger partial charge in [0.1, 0.15) is 5.78 Å². The van der Waals surface area contributed by atoms with Gasteiger partial charge in [0.05, 0.1) is 0 Å². The first-order valence-corrected chi connectivity index (χ1v) is 4.41. The number of Topliss-reactive ketones (excluding diaryl/α,β-unsaturated/α-hetero) is 1. The van der Waals surface area contributed by atoms with Crippen molar-refractivity contribution in [1.29, 1.82) is 0 Å². The van der Waals surface area contributed by atoms with Crippen molar-refractivity contribution >= 4 is 5.78 Å². The molecule has 1 heterocycles. The maximum atomic E-state index is 10.8. The number of rotatable bonds is 3. The van der Waals surface area contributed by atoms with Gasteiger partial charge >= 0.3 is 0 Å². The first-order chi connectivity index (χ1) is 6.11. The molecule has 0 saturated carbocycles. The molecule has 0 amide bonds. The Morgan fingerprint density at radius 1 is 1.62 bits per heavy atom. The van der Waals surface area contributed by atoms with Crippen molar-refractivity contribution in [3.8, 4) is 0 Å². The van der Waals surface area contributed by atoms with Gasteiger partial charge in [-0.1, -0.05) is 12.7 Å². The molecule has 1 aliphatic heterocycles. The Hall–Kier alpha value is -1.31. The molecule has 0 unspecified atom stereocenters. The van der Waals surface area contributed by atoms with Crippen LogP contribution in [0.15, 0.2) is 36.2 Å². The van der Waals surface area contributed by atoms with Crippen molar-refractivity contribution in [1.82, 2.24) is 4.90 Å². The second-order valence-electron chi connectivity index (χ2n) is 3.28. The molecular weight excluding hydrogens is 162 g/mol. The minimum Gasteiger partial charge on any atom is -0.348 e. The van der Waals surface area contributed by atoms with E-state index in [1.807, 2.05) is 30.2 Å². The smallest absolute Gasteiger partial charge is 0.131 e. The largest absolute Gasteiger partial charge is 0.348 e. The highest BCUT2D eigenvalue weighted by molar-refractivity contribution is 5.75. The van der Waals surface area contributed by atoms with Crippen LogP contribution in [0.4, 0.5) is 0 Å². The number of carbonyl (C=O) groups is 1. The molecule has 2 nitrogen and oxygen atoms in total. The second-order valence-corrected chi connectivity index (χ2v) is 3.28. The van der Waals surface area contributed by atoms with Crippen LogP contribution in [0.3, 0.4) is 0 Å². The van der Waals surface area contributed by atoms with Gasteiger partial charge in [-0.3, -0.25) is 4.79 Å². The van der Waals surface area contributed by atoms with E-state index < -0.39 is 0 Å². The quantitative estimate of drug-likeness (QED) is 0.659. The topological polar surface area (TPSA) is 20.3 Å². The highest BCUT2D eigenvalue weighted by atomic mass is 16.1. The zero-order valence-corrected chi connectivity index (χ0v) is 8.21. The highest BCUT2D eigenvalue weighted by Crippen LogP contribution is 2.17. The standard InChI is InChI=1S/C11H15NO/c1-9-5-4-7-12(11(9)3)8-6-10(2)13/h4-5,7H,3,6,8H2,1-2H3. The van der Waals surface area contributed by atoms with Crippen LogP contribution in [0, 0.1) is 0 Å². The van der Waals surface area contributed by atoms with Gasteiger partial charge in [-0.2, -0.15) is 0 Å². The Bertz CT molecular complexity index is 286. The minimum absolute atomic E-state index is 0.216. The van der Waals surface area contributed by atoms with Crippen LogP contribution in [-0.2, 0) is 4.79 Å². The van der Waals surface area contributed by atoms with E-state index >= 15 is 0 Å². The van der Waals surface area contributed by atoms with Crippen LogP contribution in [0.2, 0.25) is 0 Å². The molecule has 2 heteroatoms. The van der Waals surface area contributed by atoms with Gasteiger partial charge < -0.3 is 4.90 Å². The van der Waals surface area contributed by atoms with E-state index in [9.17, 15) is 4.79 Å². The molecule has 0 radical (unpaired) electrons. The number of allylic oxidation sites excluding steroid dienone is 3. The van der Waals surface area contributed by atoms with Gasteiger partial charge in [0, 0.05) is 24.9 Å². The van der Waals surface area contributed by atoms with E-state index in [2.05, 4.69) is 6.58 Å². The zero-order valence-electron chi connectivity index (χ0n) is 8.21. The molecule has 0 saturated heterocycles. The van der Waals surface area contributed by atoms with Gasteiger partial charge in [0.25, 0.3) is 0 Å². The van der Waals surface area contributed by atoms with Gasteiger partial charge in [-0.25, -0.2) is 0 Å². The molecule has 1 rings (SSSR count). The molecule has 0 aromatic carbocycles. The van der Waals surface area contributed by atoms with Crippen molar-refractivity contribution in [2.75, 3.05) is 6.54 Å². The summed E-state index contributed by atoms with van der Waals surface area (Å²) in [6, 6.07) is 0. The fraction of sp³-hybridized carbons (Fsp3) is 0.364. The Morgan fingerprint density at radius 2 is 2.31 bits per heavy atom. The molecule has 0 fully saturated rings. The Labute approximate surface area is 79.2 Å². The van der Waals surface area contributed by atoms with Crippen LogP contribution >= 0.6 is 0 Å². The van der Waals surface area contributed by atoms with Crippen LogP contribution in [0.1, 0.15) is 20.3 Å². The lowest BCUT2D eigenvalue weighted by Crippen LogP contribution is -2.21. The van der Waals surface area contributed by atoms with Crippen LogP contribution < -0.4 is 0 Å². The molecule has 0 aliphatic carbocycles. The minimum atomic E-state index is 0.216. The summed E-state index contributed by atoms with van der Waals surface area (Å²) in [6.45, 7) is 8.31. The first kappa shape index (κ1) is 9.78. The van der Waals surface area contributed by atoms with E-state index in [4.69, 9.17) is 0 Å². The molecule has 0 N–H and O–H groups in total. The maximum absolute atomic E-state index is 10.8. The van der Waals surface area contributed by atoms with Crippen LogP contribution in [0.25, 0.3) is 0 Å². The molecule has 0 aromatic rings. The van der Waals surface area contributed by atoms with Gasteiger partial charge in [-0.15, -0.1) is 0 Å². The molecule has 1 aliphatic rings. The monoisotopic (exact) mass is 177 g/mol. The maximum Gasteiger partial charge on any atom is 0.131 e. The summed E-state index contributed by atoms with van der Waals surface area (Å²) in [7, 11) is 0. The van der Waals surface area contributed by atoms with Gasteiger partial charge in [0.15, 0.2) is 0 Å². The van der Waals surface area contributed by atoms with Crippen molar-refractivity contribution in [3.63, 3.8) is 0 Å². The van der Waals surface area contributed by atoms with Crippen LogP contribution in [0.5, 0.6) is 0 Å². The fourth-order valence-electron chi connectivity index (χ4n) is 1.19. The average molecular weight is 177 g/mol. The fourth-order valence-corrected chi connectivity index (χ4v) is 1.19. The lowest BCUT2D eigenvalue weighted by atomic mass is 10.1. The molecule has 70 valence electrons. The summed E-state index contributed by atoms with van der Waals surface area (Å²) in [5.74, 6) is 0.216. The normalized spacial score (nSPS) is 16.0. The lowest BCUT2D eigenvalue weighted by molar-refractivity contribution is -0.117. The first-order valence-electron chi connectivity index (χ1n) is 4.41. The Kier molecular flexibility index (Phi) is 3.07. The predicted molar refractivity (Wildman–Crippen MR) is 54.0 cm³/mol. The number of hydrogen-bond donors (Lipinski definition) is 0. The van der Waals surface area contributed by atoms with Crippen molar-refractivity contribution < 1.29 is 4.79 Å². The third-order valence-electron chi connectivity index (χ3n) is 2.12. The Balaban J connectivity index is 2.53. The summed E-state index contributed by atoms with van der Waals surface area (Å²) < 4.78 is 0. The SMILES string of the molecule is C=C1C(C)=CC=CN1CCC(C)=O. The zero-order chi connectivity index (χ0) is 9.84. The molecule has 0 aromatic heterocycles. The van der Waals surface area contributed by atoms with Crippen LogP contribution in [-0.4, -0.2) is 17.2 Å². The molecule has 13 heavy (non-hydrogen) atoms. The van der Waals surface area contributed by atoms with E-state index in [1.54, 1.807) is 6.92 Å². The van der Waals surface area contributed by atoms with E-state index in [0.29, 0.717) is 6.42 Å². The van der Waals surface area contributed by atoms with E-state index in [1.165, 1.54) is 0 Å². The number of carbonyl (C=O) groups excluding carboxylic acids is 1. The summed E-state index contributed by atoms with van der Waals surface area (Å²) in [5.41, 5.74) is 2.15. The number of nitrogens with zero attached hydrogens (tertiary/aromatic N) is 1. The Morgan fingerprint density at radius 3 is 2.92 bits per heavy atom. The lowest BCUT2D eigenvalue weighted by Gasteiger charge is -2.25. The summed E-state index contributed by atoms with van der Waals surface area (Å²) in [6.07, 6.45) is 6.53. The molecule has 0 atom stereocenters. The summed E-state index contributed by atoms with van der Waals surface area (Å²) >= 11 is 0. The predicted octanol–water partition coefficient (Wildman–Crippen LogP) is 2.25. The van der Waals surface area contributed by atoms with E-state index in [0.717, 1.165) is 17.8 Å². The summed E-state index contributed by atoms with van der Waals surface area (Å²) in [5, 5.41) is 0. The third kappa shape index (κ3) is 2.58. The molecular formula is C11H15NO. The van der Waals surface area contributed by atoms with Gasteiger partial charge in [-0.05, 0) is 25.5 Å². The second kappa shape index (κ2) is 4.08. The number of hydrogen-bond acceptors (Lipinski definition) is 2. The number of ketones is 1. The highest BCUT2D eigenvalue weighted by Gasteiger charge is 2.09. The third-order valence-corrected chi connectivity index (χ3v) is 2.12. The summed E-state index contributed by atoms with van der Waals surface area (Å²) in [4.78, 5) is 12.8. The van der Waals surface area contributed by atoms with Gasteiger partial charge in [0.2, 0.25) is 0 Å². The van der Waals surface area contributed by atoms with Crippen molar-refractivity contribution in [3.05, 3.63) is 36.2 Å². The average Bonchev–Trinajstić information content (AvgIpc) is 2.07. The molecule has 0 spiro atoms. The van der Waals surface area contributed by atoms with Crippen molar-refractivity contribution in [2.24, 2.45) is 0 Å². The van der Waals surface area contributed by atoms with Crippen molar-refractivity contribution in [2.45, 2.75) is 20.3 Å². The molecule has 0 bridgehead atoms.